The Hall–Kier alpha value is -2.59. The maximum Gasteiger partial charge on any atom is 0.229 e. The number of nitrogens with one attached hydrogen (secondary N) is 1. The molecule has 1 atom stereocenters. The van der Waals surface area contributed by atoms with Crippen molar-refractivity contribution in [1.29, 1.82) is 0 Å². The van der Waals surface area contributed by atoms with E-state index in [9.17, 15) is 4.79 Å². The first-order valence-corrected chi connectivity index (χ1v) is 9.44. The van der Waals surface area contributed by atoms with Crippen molar-refractivity contribution in [2.24, 2.45) is 0 Å². The Balaban J connectivity index is 1.71. The van der Waals surface area contributed by atoms with Crippen molar-refractivity contribution in [3.8, 4) is 0 Å². The van der Waals surface area contributed by atoms with Gasteiger partial charge in [-0.05, 0) is 43.0 Å². The smallest absolute Gasteiger partial charge is 0.229 e. The quantitative estimate of drug-likeness (QED) is 0.631. The first-order valence-electron chi connectivity index (χ1n) is 9.06. The highest BCUT2D eigenvalue weighted by atomic mass is 35.5. The molecule has 0 bridgehead atoms. The predicted octanol–water partition coefficient (Wildman–Crippen LogP) is 4.91. The Bertz CT molecular complexity index is 819. The highest BCUT2D eigenvalue weighted by molar-refractivity contribution is 6.29. The summed E-state index contributed by atoms with van der Waals surface area (Å²) in [7, 11) is 0. The van der Waals surface area contributed by atoms with Crippen LogP contribution in [0.5, 0.6) is 0 Å². The van der Waals surface area contributed by atoms with Gasteiger partial charge in [-0.3, -0.25) is 4.79 Å². The summed E-state index contributed by atoms with van der Waals surface area (Å²) in [4.78, 5) is 12.5. The Morgan fingerprint density at radius 1 is 1.07 bits per heavy atom. The minimum atomic E-state index is -0.0543. The van der Waals surface area contributed by atoms with Crippen molar-refractivity contribution in [1.82, 2.24) is 10.5 Å². The lowest BCUT2D eigenvalue weighted by molar-refractivity contribution is -0.121. The number of carbonyl (C=O) groups is 1. The van der Waals surface area contributed by atoms with E-state index in [2.05, 4.69) is 34.7 Å². The lowest BCUT2D eigenvalue weighted by atomic mass is 9.85. The zero-order valence-electron chi connectivity index (χ0n) is 15.5. The van der Waals surface area contributed by atoms with Gasteiger partial charge in [-0.2, -0.15) is 0 Å². The van der Waals surface area contributed by atoms with Gasteiger partial charge in [0.15, 0.2) is 0 Å². The Morgan fingerprint density at radius 2 is 1.63 bits per heavy atom. The Kier molecular flexibility index (Phi) is 6.30. The molecule has 1 amide bonds. The van der Waals surface area contributed by atoms with E-state index in [-0.39, 0.29) is 23.1 Å². The second-order valence-electron chi connectivity index (χ2n) is 6.68. The largest absolute Gasteiger partial charge is 0.353 e. The van der Waals surface area contributed by atoms with Gasteiger partial charge in [-0.15, -0.1) is 0 Å². The standard InChI is InChI=1S/C22H23ClN2O2/c1-15-19(22(23)27-25-15)13-14-20(26)24-16(2)21(17-9-5-3-6-10-17)18-11-7-4-8-12-18/h3-12,16,21H,13-14H2,1-2H3,(H,24,26). The van der Waals surface area contributed by atoms with Gasteiger partial charge in [0.25, 0.3) is 0 Å². The minimum Gasteiger partial charge on any atom is -0.353 e. The van der Waals surface area contributed by atoms with Crippen LogP contribution < -0.4 is 5.32 Å². The van der Waals surface area contributed by atoms with Crippen molar-refractivity contribution in [3.05, 3.63) is 88.3 Å². The van der Waals surface area contributed by atoms with Crippen molar-refractivity contribution < 1.29 is 9.32 Å². The third-order valence-corrected chi connectivity index (χ3v) is 5.04. The molecule has 2 aromatic carbocycles. The van der Waals surface area contributed by atoms with Gasteiger partial charge in [0.1, 0.15) is 0 Å². The van der Waals surface area contributed by atoms with E-state index in [4.69, 9.17) is 16.1 Å². The maximum absolute atomic E-state index is 12.5. The molecule has 0 aliphatic heterocycles. The number of aryl methyl sites for hydroxylation is 1. The van der Waals surface area contributed by atoms with Crippen LogP contribution in [0.25, 0.3) is 0 Å². The first kappa shape index (κ1) is 19.2. The molecular weight excluding hydrogens is 360 g/mol. The van der Waals surface area contributed by atoms with Crippen LogP contribution in [0.1, 0.15) is 41.6 Å². The fraction of sp³-hybridized carbons (Fsp3) is 0.273. The Morgan fingerprint density at radius 3 is 2.11 bits per heavy atom. The lowest BCUT2D eigenvalue weighted by Crippen LogP contribution is -2.37. The normalized spacial score (nSPS) is 12.1. The number of benzene rings is 2. The highest BCUT2D eigenvalue weighted by Crippen LogP contribution is 2.28. The third kappa shape index (κ3) is 4.77. The molecule has 0 fully saturated rings. The summed E-state index contributed by atoms with van der Waals surface area (Å²) in [6.45, 7) is 3.87. The number of hydrogen-bond acceptors (Lipinski definition) is 3. The molecule has 0 spiro atoms. The number of hydrogen-bond donors (Lipinski definition) is 1. The Labute approximate surface area is 164 Å². The van der Waals surface area contributed by atoms with Crippen LogP contribution in [0, 0.1) is 6.92 Å². The van der Waals surface area contributed by atoms with Crippen molar-refractivity contribution >= 4 is 17.5 Å². The molecule has 140 valence electrons. The van der Waals surface area contributed by atoms with Crippen molar-refractivity contribution in [3.63, 3.8) is 0 Å². The number of carbonyl (C=O) groups excluding carboxylic acids is 1. The van der Waals surface area contributed by atoms with Crippen LogP contribution in [0.15, 0.2) is 65.2 Å². The topological polar surface area (TPSA) is 55.1 Å². The second kappa shape index (κ2) is 8.87. The predicted molar refractivity (Wildman–Crippen MR) is 107 cm³/mol. The summed E-state index contributed by atoms with van der Waals surface area (Å²) in [5.74, 6) is 0.0632. The third-order valence-electron chi connectivity index (χ3n) is 4.74. The van der Waals surface area contributed by atoms with Crippen LogP contribution in [0.2, 0.25) is 5.22 Å². The highest BCUT2D eigenvalue weighted by Gasteiger charge is 2.23. The number of halogens is 1. The van der Waals surface area contributed by atoms with Gasteiger partial charge in [-0.25, -0.2) is 0 Å². The molecule has 0 aliphatic carbocycles. The fourth-order valence-corrected chi connectivity index (χ4v) is 3.64. The van der Waals surface area contributed by atoms with Crippen LogP contribution in [0.3, 0.4) is 0 Å². The van der Waals surface area contributed by atoms with Crippen LogP contribution in [-0.4, -0.2) is 17.1 Å². The van der Waals surface area contributed by atoms with Crippen molar-refractivity contribution in [2.75, 3.05) is 0 Å². The number of rotatable bonds is 7. The number of amides is 1. The summed E-state index contributed by atoms with van der Waals surface area (Å²) >= 11 is 5.98. The summed E-state index contributed by atoms with van der Waals surface area (Å²) in [5, 5.41) is 7.23. The zero-order valence-corrected chi connectivity index (χ0v) is 16.2. The molecule has 0 radical (unpaired) electrons. The first-order chi connectivity index (χ1) is 13.1. The van der Waals surface area contributed by atoms with Crippen LogP contribution in [0.4, 0.5) is 0 Å². The lowest BCUT2D eigenvalue weighted by Gasteiger charge is -2.26. The van der Waals surface area contributed by atoms with E-state index in [1.165, 1.54) is 11.1 Å². The minimum absolute atomic E-state index is 0.0176. The summed E-state index contributed by atoms with van der Waals surface area (Å²) in [5.41, 5.74) is 3.87. The molecule has 27 heavy (non-hydrogen) atoms. The molecule has 1 unspecified atom stereocenters. The molecule has 0 aliphatic rings. The second-order valence-corrected chi connectivity index (χ2v) is 7.02. The van der Waals surface area contributed by atoms with E-state index in [0.29, 0.717) is 12.8 Å². The van der Waals surface area contributed by atoms with Gasteiger partial charge < -0.3 is 9.84 Å². The molecule has 3 rings (SSSR count). The molecule has 3 aromatic rings. The molecule has 4 nitrogen and oxygen atoms in total. The van der Waals surface area contributed by atoms with Crippen LogP contribution >= 0.6 is 11.6 Å². The molecular formula is C22H23ClN2O2. The average molecular weight is 383 g/mol. The van der Waals surface area contributed by atoms with Gasteiger partial charge >= 0.3 is 0 Å². The van der Waals surface area contributed by atoms with E-state index in [0.717, 1.165) is 11.3 Å². The fourth-order valence-electron chi connectivity index (χ4n) is 3.38. The monoisotopic (exact) mass is 382 g/mol. The van der Waals surface area contributed by atoms with E-state index < -0.39 is 0 Å². The van der Waals surface area contributed by atoms with E-state index in [1.54, 1.807) is 0 Å². The summed E-state index contributed by atoms with van der Waals surface area (Å²) in [6, 6.07) is 20.4. The molecule has 1 aromatic heterocycles. The van der Waals surface area contributed by atoms with Crippen LogP contribution in [-0.2, 0) is 11.2 Å². The average Bonchev–Trinajstić information content (AvgIpc) is 3.00. The SMILES string of the molecule is Cc1noc(Cl)c1CCC(=O)NC(C)C(c1ccccc1)c1ccccc1. The molecule has 0 saturated heterocycles. The molecule has 1 heterocycles. The van der Waals surface area contributed by atoms with Crippen molar-refractivity contribution in [2.45, 2.75) is 38.6 Å². The zero-order chi connectivity index (χ0) is 19.2. The van der Waals surface area contributed by atoms with E-state index >= 15 is 0 Å². The van der Waals surface area contributed by atoms with Gasteiger partial charge in [-0.1, -0.05) is 65.8 Å². The van der Waals surface area contributed by atoms with Gasteiger partial charge in [0.2, 0.25) is 11.1 Å². The maximum atomic E-state index is 12.5. The van der Waals surface area contributed by atoms with E-state index in [1.807, 2.05) is 50.2 Å². The molecule has 5 heteroatoms. The summed E-state index contributed by atoms with van der Waals surface area (Å²) in [6.07, 6.45) is 0.844. The van der Waals surface area contributed by atoms with Gasteiger partial charge in [0.05, 0.1) is 5.69 Å². The number of aromatic nitrogens is 1. The van der Waals surface area contributed by atoms with Gasteiger partial charge in [0, 0.05) is 23.9 Å². The summed E-state index contributed by atoms with van der Waals surface area (Å²) < 4.78 is 4.95. The number of nitrogens with zero attached hydrogens (tertiary/aromatic N) is 1. The molecule has 0 saturated carbocycles. The molecule has 1 N–H and O–H groups in total.